The third kappa shape index (κ3) is 5.56. The Morgan fingerprint density at radius 2 is 1.79 bits per heavy atom. The maximum Gasteiger partial charge on any atom is 0.220 e. The number of nitrogens with zero attached hydrogens (tertiary/aromatic N) is 2. The summed E-state index contributed by atoms with van der Waals surface area (Å²) in [5.74, 6) is 0.00497. The number of aromatic nitrogens is 2. The lowest BCUT2D eigenvalue weighted by Gasteiger charge is -2.09. The SMILES string of the molecule is COCCCNC(=O)CCc1c(-c2ccc(Cl)cc2)nc2ccc(-c3ccccc3Cl)cn12. The number of aryl methyl sites for hydroxylation is 1. The van der Waals surface area contributed by atoms with Gasteiger partial charge in [0.05, 0.1) is 11.4 Å². The smallest absolute Gasteiger partial charge is 0.220 e. The second kappa shape index (κ2) is 10.8. The summed E-state index contributed by atoms with van der Waals surface area (Å²) >= 11 is 12.5. The van der Waals surface area contributed by atoms with Gasteiger partial charge in [0.25, 0.3) is 0 Å². The molecule has 33 heavy (non-hydrogen) atoms. The zero-order valence-electron chi connectivity index (χ0n) is 18.4. The number of fused-ring (bicyclic) bond motifs is 1. The van der Waals surface area contributed by atoms with E-state index < -0.39 is 0 Å². The van der Waals surface area contributed by atoms with Gasteiger partial charge in [0, 0.05) is 54.1 Å². The number of nitrogens with one attached hydrogen (secondary N) is 1. The Kier molecular flexibility index (Phi) is 7.65. The number of ether oxygens (including phenoxy) is 1. The van der Waals surface area contributed by atoms with Crippen LogP contribution in [0.3, 0.4) is 0 Å². The summed E-state index contributed by atoms with van der Waals surface area (Å²) < 4.78 is 7.09. The van der Waals surface area contributed by atoms with Crippen LogP contribution in [0.4, 0.5) is 0 Å². The van der Waals surface area contributed by atoms with Gasteiger partial charge in [-0.3, -0.25) is 4.79 Å². The Labute approximate surface area is 203 Å². The van der Waals surface area contributed by atoms with E-state index in [1.54, 1.807) is 7.11 Å². The third-order valence-corrected chi connectivity index (χ3v) is 6.04. The first-order valence-corrected chi connectivity index (χ1v) is 11.6. The number of carbonyl (C=O) groups is 1. The standard InChI is InChI=1S/C26H25Cl2N3O2/c1-33-16-4-15-29-25(32)14-12-23-26(18-7-10-20(27)11-8-18)30-24-13-9-19(17-31(23)24)21-5-2-3-6-22(21)28/h2-3,5-11,13,17H,4,12,14-16H2,1H3,(H,29,32). The van der Waals surface area contributed by atoms with Crippen molar-refractivity contribution in [2.24, 2.45) is 0 Å². The molecule has 0 fully saturated rings. The molecule has 0 aliphatic heterocycles. The molecule has 4 aromatic rings. The van der Waals surface area contributed by atoms with Crippen molar-refractivity contribution in [1.82, 2.24) is 14.7 Å². The minimum Gasteiger partial charge on any atom is -0.385 e. The highest BCUT2D eigenvalue weighted by atomic mass is 35.5. The summed E-state index contributed by atoms with van der Waals surface area (Å²) in [6.07, 6.45) is 3.72. The highest BCUT2D eigenvalue weighted by molar-refractivity contribution is 6.33. The van der Waals surface area contributed by atoms with E-state index in [0.29, 0.717) is 36.0 Å². The van der Waals surface area contributed by atoms with Crippen molar-refractivity contribution in [3.63, 3.8) is 0 Å². The van der Waals surface area contributed by atoms with Crippen LogP contribution >= 0.6 is 23.2 Å². The van der Waals surface area contributed by atoms with Crippen LogP contribution in [-0.4, -0.2) is 35.6 Å². The number of hydrogen-bond acceptors (Lipinski definition) is 3. The van der Waals surface area contributed by atoms with Gasteiger partial charge in [0.15, 0.2) is 0 Å². The van der Waals surface area contributed by atoms with Crippen LogP contribution in [0.1, 0.15) is 18.5 Å². The van der Waals surface area contributed by atoms with Crippen molar-refractivity contribution in [3.8, 4) is 22.4 Å². The predicted molar refractivity (Wildman–Crippen MR) is 134 cm³/mol. The minimum absolute atomic E-state index is 0.00497. The quantitative estimate of drug-likeness (QED) is 0.295. The molecule has 1 N–H and O–H groups in total. The molecular weight excluding hydrogens is 457 g/mol. The molecule has 0 atom stereocenters. The molecule has 7 heteroatoms. The second-order valence-electron chi connectivity index (χ2n) is 7.74. The van der Waals surface area contributed by atoms with E-state index in [4.69, 9.17) is 32.9 Å². The van der Waals surface area contributed by atoms with Gasteiger partial charge in [-0.15, -0.1) is 0 Å². The predicted octanol–water partition coefficient (Wildman–Crippen LogP) is 6.06. The molecule has 2 heterocycles. The van der Waals surface area contributed by atoms with E-state index in [-0.39, 0.29) is 5.91 Å². The van der Waals surface area contributed by atoms with E-state index in [0.717, 1.165) is 40.1 Å². The Balaban J connectivity index is 1.69. The van der Waals surface area contributed by atoms with Crippen LogP contribution in [-0.2, 0) is 16.0 Å². The molecule has 0 saturated heterocycles. The molecule has 0 spiro atoms. The van der Waals surface area contributed by atoms with Crippen molar-refractivity contribution in [3.05, 3.63) is 82.6 Å². The number of pyridine rings is 1. The molecule has 0 unspecified atom stereocenters. The van der Waals surface area contributed by atoms with Crippen molar-refractivity contribution < 1.29 is 9.53 Å². The summed E-state index contributed by atoms with van der Waals surface area (Å²) in [4.78, 5) is 17.3. The lowest BCUT2D eigenvalue weighted by atomic mass is 10.1. The van der Waals surface area contributed by atoms with Crippen molar-refractivity contribution in [2.45, 2.75) is 19.3 Å². The molecule has 2 aromatic heterocycles. The zero-order valence-corrected chi connectivity index (χ0v) is 19.9. The van der Waals surface area contributed by atoms with Gasteiger partial charge in [0.2, 0.25) is 5.91 Å². The summed E-state index contributed by atoms with van der Waals surface area (Å²) in [5, 5.41) is 4.31. The number of benzene rings is 2. The van der Waals surface area contributed by atoms with Crippen molar-refractivity contribution in [2.75, 3.05) is 20.3 Å². The van der Waals surface area contributed by atoms with Gasteiger partial charge in [-0.05, 0) is 48.7 Å². The first kappa shape index (κ1) is 23.3. The molecular formula is C26H25Cl2N3O2. The van der Waals surface area contributed by atoms with E-state index >= 15 is 0 Å². The Bertz CT molecular complexity index is 1250. The monoisotopic (exact) mass is 481 g/mol. The molecule has 0 radical (unpaired) electrons. The summed E-state index contributed by atoms with van der Waals surface area (Å²) in [6, 6.07) is 19.3. The van der Waals surface area contributed by atoms with E-state index in [1.165, 1.54) is 0 Å². The Morgan fingerprint density at radius 3 is 2.55 bits per heavy atom. The summed E-state index contributed by atoms with van der Waals surface area (Å²) in [6.45, 7) is 1.22. The number of hydrogen-bond donors (Lipinski definition) is 1. The average Bonchev–Trinajstić information content (AvgIpc) is 3.19. The fraction of sp³-hybridized carbons (Fsp3) is 0.231. The number of imidazole rings is 1. The molecule has 4 rings (SSSR count). The van der Waals surface area contributed by atoms with Crippen LogP contribution < -0.4 is 5.32 Å². The molecule has 170 valence electrons. The minimum atomic E-state index is 0.00497. The van der Waals surface area contributed by atoms with Crippen LogP contribution in [0.5, 0.6) is 0 Å². The van der Waals surface area contributed by atoms with E-state index in [2.05, 4.69) is 9.72 Å². The highest BCUT2D eigenvalue weighted by Crippen LogP contribution is 2.31. The average molecular weight is 482 g/mol. The van der Waals surface area contributed by atoms with E-state index in [1.807, 2.05) is 66.9 Å². The molecule has 5 nitrogen and oxygen atoms in total. The first-order chi connectivity index (χ1) is 16.1. The lowest BCUT2D eigenvalue weighted by Crippen LogP contribution is -2.25. The van der Waals surface area contributed by atoms with Crippen molar-refractivity contribution in [1.29, 1.82) is 0 Å². The van der Waals surface area contributed by atoms with Crippen LogP contribution in [0.25, 0.3) is 28.0 Å². The maximum atomic E-state index is 12.4. The highest BCUT2D eigenvalue weighted by Gasteiger charge is 2.16. The Morgan fingerprint density at radius 1 is 1.03 bits per heavy atom. The third-order valence-electron chi connectivity index (χ3n) is 5.46. The fourth-order valence-electron chi connectivity index (χ4n) is 3.79. The molecule has 0 aliphatic carbocycles. The largest absolute Gasteiger partial charge is 0.385 e. The molecule has 2 aromatic carbocycles. The zero-order chi connectivity index (χ0) is 23.2. The molecule has 0 saturated carbocycles. The van der Waals surface area contributed by atoms with Gasteiger partial charge in [0.1, 0.15) is 5.65 Å². The summed E-state index contributed by atoms with van der Waals surface area (Å²) in [5.41, 5.74) is 5.51. The van der Waals surface area contributed by atoms with E-state index in [9.17, 15) is 4.79 Å². The molecule has 1 amide bonds. The number of halogens is 2. The number of methoxy groups -OCH3 is 1. The van der Waals surface area contributed by atoms with Crippen molar-refractivity contribution >= 4 is 34.8 Å². The maximum absolute atomic E-state index is 12.4. The van der Waals surface area contributed by atoms with Crippen LogP contribution in [0.2, 0.25) is 10.0 Å². The van der Waals surface area contributed by atoms with Gasteiger partial charge in [-0.1, -0.05) is 53.5 Å². The summed E-state index contributed by atoms with van der Waals surface area (Å²) in [7, 11) is 1.65. The molecule has 0 bridgehead atoms. The molecule has 0 aliphatic rings. The first-order valence-electron chi connectivity index (χ1n) is 10.8. The lowest BCUT2D eigenvalue weighted by molar-refractivity contribution is -0.121. The van der Waals surface area contributed by atoms with Gasteiger partial charge in [-0.2, -0.15) is 0 Å². The van der Waals surface area contributed by atoms with Gasteiger partial charge >= 0.3 is 0 Å². The van der Waals surface area contributed by atoms with Gasteiger partial charge < -0.3 is 14.5 Å². The topological polar surface area (TPSA) is 55.6 Å². The number of amides is 1. The Hall–Kier alpha value is -2.86. The van der Waals surface area contributed by atoms with Gasteiger partial charge in [-0.25, -0.2) is 4.98 Å². The fourth-order valence-corrected chi connectivity index (χ4v) is 4.16. The van der Waals surface area contributed by atoms with Crippen LogP contribution in [0.15, 0.2) is 66.9 Å². The number of carbonyl (C=O) groups excluding carboxylic acids is 1. The normalized spacial score (nSPS) is 11.1. The second-order valence-corrected chi connectivity index (χ2v) is 8.58. The van der Waals surface area contributed by atoms with Crippen LogP contribution in [0, 0.1) is 0 Å². The number of rotatable bonds is 9.